The van der Waals surface area contributed by atoms with Crippen molar-refractivity contribution in [3.63, 3.8) is 0 Å². The van der Waals surface area contributed by atoms with Gasteiger partial charge in [-0.05, 0) is 62.8 Å². The van der Waals surface area contributed by atoms with Crippen LogP contribution in [0.2, 0.25) is 0 Å². The Hall–Kier alpha value is -3.92. The van der Waals surface area contributed by atoms with Gasteiger partial charge in [0, 0.05) is 24.9 Å². The molecule has 2 aliphatic rings. The molecule has 2 aromatic rings. The van der Waals surface area contributed by atoms with E-state index in [0.717, 1.165) is 24.3 Å². The molecule has 0 aliphatic heterocycles. The molecule has 246 valence electrons. The van der Waals surface area contributed by atoms with E-state index in [0.29, 0.717) is 31.7 Å². The van der Waals surface area contributed by atoms with E-state index in [4.69, 9.17) is 14.2 Å². The lowest BCUT2D eigenvalue weighted by Gasteiger charge is -2.27. The number of carboxylic acids is 1. The minimum absolute atomic E-state index is 0.0989. The van der Waals surface area contributed by atoms with Gasteiger partial charge in [0.15, 0.2) is 11.6 Å². The number of rotatable bonds is 10. The third kappa shape index (κ3) is 7.66. The number of carboxylic acid groups (broad SMARTS) is 1. The number of methoxy groups -OCH3 is 2. The molecule has 2 aromatic carbocycles. The molecule has 2 saturated carbocycles. The molecule has 3 N–H and O–H groups in total. The SMILES string of the molecule is COc1cc(F)c(OC2CCC(C(=O)O)CC2)cc1C(=O)N[C@@H]1C[C@H](OC)C[C@@H]1C(=O)Nc1cccc(S(=O)(=O)C(F)(F)F)c1. The second-order valence-electron chi connectivity index (χ2n) is 10.9. The highest BCUT2D eigenvalue weighted by atomic mass is 32.2. The maximum absolute atomic E-state index is 14.9. The summed E-state index contributed by atoms with van der Waals surface area (Å²) < 4.78 is 94.0. The number of amides is 2. The van der Waals surface area contributed by atoms with Crippen molar-refractivity contribution in [1.82, 2.24) is 5.32 Å². The van der Waals surface area contributed by atoms with Crippen molar-refractivity contribution in [2.45, 2.75) is 67.2 Å². The summed E-state index contributed by atoms with van der Waals surface area (Å²) in [5.41, 5.74) is -5.83. The van der Waals surface area contributed by atoms with Gasteiger partial charge < -0.3 is 30.0 Å². The van der Waals surface area contributed by atoms with E-state index in [-0.39, 0.29) is 35.6 Å². The highest BCUT2D eigenvalue weighted by Gasteiger charge is 2.47. The van der Waals surface area contributed by atoms with Crippen molar-refractivity contribution < 1.29 is 59.7 Å². The first kappa shape index (κ1) is 34.0. The van der Waals surface area contributed by atoms with Crippen LogP contribution in [0.15, 0.2) is 41.3 Å². The van der Waals surface area contributed by atoms with Crippen LogP contribution in [0.4, 0.5) is 23.2 Å². The normalized spacial score (nSPS) is 23.6. The summed E-state index contributed by atoms with van der Waals surface area (Å²) >= 11 is 0. The zero-order valence-electron chi connectivity index (χ0n) is 24.2. The number of anilines is 1. The molecule has 0 unspecified atom stereocenters. The quantitative estimate of drug-likeness (QED) is 0.316. The Morgan fingerprint density at radius 2 is 1.64 bits per heavy atom. The molecule has 0 radical (unpaired) electrons. The molecule has 2 amide bonds. The molecule has 2 fully saturated rings. The van der Waals surface area contributed by atoms with Crippen LogP contribution in [0.3, 0.4) is 0 Å². The van der Waals surface area contributed by atoms with Gasteiger partial charge in [0.2, 0.25) is 5.91 Å². The molecule has 11 nitrogen and oxygen atoms in total. The van der Waals surface area contributed by atoms with Crippen molar-refractivity contribution >= 4 is 33.3 Å². The van der Waals surface area contributed by atoms with Crippen LogP contribution in [-0.4, -0.2) is 69.3 Å². The largest absolute Gasteiger partial charge is 0.501 e. The third-order valence-electron chi connectivity index (χ3n) is 8.04. The highest BCUT2D eigenvalue weighted by Crippen LogP contribution is 2.35. The van der Waals surface area contributed by atoms with E-state index < -0.39 is 73.9 Å². The average Bonchev–Trinajstić information content (AvgIpc) is 3.40. The van der Waals surface area contributed by atoms with E-state index >= 15 is 0 Å². The summed E-state index contributed by atoms with van der Waals surface area (Å²) in [4.78, 5) is 36.9. The van der Waals surface area contributed by atoms with E-state index in [9.17, 15) is 45.5 Å². The van der Waals surface area contributed by atoms with Crippen LogP contribution in [0.5, 0.6) is 11.5 Å². The molecule has 0 bridgehead atoms. The number of alkyl halides is 3. The number of carbonyl (C=O) groups excluding carboxylic acids is 2. The summed E-state index contributed by atoms with van der Waals surface area (Å²) in [5, 5.41) is 14.4. The minimum atomic E-state index is -5.65. The first-order valence-electron chi connectivity index (χ1n) is 14.0. The summed E-state index contributed by atoms with van der Waals surface area (Å²) in [7, 11) is -3.01. The van der Waals surface area contributed by atoms with E-state index in [1.807, 2.05) is 0 Å². The van der Waals surface area contributed by atoms with Crippen LogP contribution < -0.4 is 20.1 Å². The summed E-state index contributed by atoms with van der Waals surface area (Å²) in [5.74, 6) is -4.92. The molecular formula is C29H32F4N2O9S. The summed E-state index contributed by atoms with van der Waals surface area (Å²) in [6.07, 6.45) is 0.856. The second kappa shape index (κ2) is 13.6. The number of sulfone groups is 1. The Morgan fingerprint density at radius 1 is 0.956 bits per heavy atom. The predicted molar refractivity (Wildman–Crippen MR) is 150 cm³/mol. The van der Waals surface area contributed by atoms with E-state index in [1.54, 1.807) is 0 Å². The van der Waals surface area contributed by atoms with Crippen LogP contribution in [0.1, 0.15) is 48.9 Å². The van der Waals surface area contributed by atoms with Crippen LogP contribution >= 0.6 is 0 Å². The lowest BCUT2D eigenvalue weighted by Crippen LogP contribution is -2.42. The molecule has 0 spiro atoms. The van der Waals surface area contributed by atoms with Crippen molar-refractivity contribution in [3.05, 3.63) is 47.8 Å². The van der Waals surface area contributed by atoms with Crippen molar-refractivity contribution in [1.29, 1.82) is 0 Å². The number of nitrogens with one attached hydrogen (secondary N) is 2. The number of hydrogen-bond acceptors (Lipinski definition) is 8. The van der Waals surface area contributed by atoms with E-state index in [2.05, 4.69) is 10.6 Å². The Kier molecular flexibility index (Phi) is 10.3. The zero-order chi connectivity index (χ0) is 33.1. The third-order valence-corrected chi connectivity index (χ3v) is 9.52. The first-order valence-corrected chi connectivity index (χ1v) is 15.5. The topological polar surface area (TPSA) is 157 Å². The Morgan fingerprint density at radius 3 is 2.24 bits per heavy atom. The molecule has 0 aromatic heterocycles. The van der Waals surface area contributed by atoms with Gasteiger partial charge in [-0.3, -0.25) is 14.4 Å². The van der Waals surface area contributed by atoms with Gasteiger partial charge in [-0.15, -0.1) is 0 Å². The van der Waals surface area contributed by atoms with Crippen molar-refractivity contribution in [3.8, 4) is 11.5 Å². The number of benzene rings is 2. The molecule has 2 aliphatic carbocycles. The van der Waals surface area contributed by atoms with Crippen LogP contribution in [0.25, 0.3) is 0 Å². The zero-order valence-corrected chi connectivity index (χ0v) is 25.0. The first-order chi connectivity index (χ1) is 21.1. The van der Waals surface area contributed by atoms with Gasteiger partial charge in [-0.25, -0.2) is 12.8 Å². The summed E-state index contributed by atoms with van der Waals surface area (Å²) in [6, 6.07) is 5.03. The number of carbonyl (C=O) groups is 3. The highest BCUT2D eigenvalue weighted by molar-refractivity contribution is 7.92. The van der Waals surface area contributed by atoms with Gasteiger partial charge in [0.25, 0.3) is 15.7 Å². The second-order valence-corrected chi connectivity index (χ2v) is 12.8. The smallest absolute Gasteiger partial charge is 0.496 e. The number of hydrogen-bond donors (Lipinski definition) is 3. The molecule has 4 rings (SSSR count). The van der Waals surface area contributed by atoms with Crippen molar-refractivity contribution in [2.75, 3.05) is 19.5 Å². The fraction of sp³-hybridized carbons (Fsp3) is 0.483. The van der Waals surface area contributed by atoms with E-state index in [1.165, 1.54) is 20.3 Å². The number of ether oxygens (including phenoxy) is 3. The van der Waals surface area contributed by atoms with Gasteiger partial charge in [0.1, 0.15) is 5.75 Å². The molecule has 0 heterocycles. The Bertz CT molecular complexity index is 1540. The maximum Gasteiger partial charge on any atom is 0.501 e. The Labute approximate surface area is 256 Å². The minimum Gasteiger partial charge on any atom is -0.496 e. The van der Waals surface area contributed by atoms with Gasteiger partial charge >= 0.3 is 11.5 Å². The predicted octanol–water partition coefficient (Wildman–Crippen LogP) is 4.31. The van der Waals surface area contributed by atoms with Crippen LogP contribution in [0, 0.1) is 17.7 Å². The fourth-order valence-electron chi connectivity index (χ4n) is 5.57. The lowest BCUT2D eigenvalue weighted by molar-refractivity contribution is -0.143. The lowest BCUT2D eigenvalue weighted by atomic mass is 9.87. The standard InChI is InChI=1S/C29H32F4N2O9S/c1-42-18-11-20(26(36)34-16-4-3-5-19(10-16)45(40,41)29(31,32)33)23(12-18)35-27(37)21-13-25(22(30)14-24(21)43-2)44-17-8-6-15(7-9-17)28(38)39/h3-5,10,13-15,17-18,20,23H,6-9,11-12H2,1-2H3,(H,34,36)(H,35,37)(H,38,39)/t15?,17?,18-,20+,23-/m1/s1. The van der Waals surface area contributed by atoms with Gasteiger partial charge in [0.05, 0.1) is 41.6 Å². The summed E-state index contributed by atoms with van der Waals surface area (Å²) in [6.45, 7) is 0. The monoisotopic (exact) mass is 660 g/mol. The fourth-order valence-corrected chi connectivity index (χ4v) is 6.37. The van der Waals surface area contributed by atoms with Crippen molar-refractivity contribution in [2.24, 2.45) is 11.8 Å². The van der Waals surface area contributed by atoms with Gasteiger partial charge in [-0.2, -0.15) is 13.2 Å². The van der Waals surface area contributed by atoms with Gasteiger partial charge in [-0.1, -0.05) is 6.07 Å². The number of halogens is 4. The molecule has 0 saturated heterocycles. The maximum atomic E-state index is 14.9. The molecule has 16 heteroatoms. The average molecular weight is 661 g/mol. The molecule has 45 heavy (non-hydrogen) atoms. The number of aliphatic carboxylic acids is 1. The van der Waals surface area contributed by atoms with Crippen LogP contribution in [-0.2, 0) is 24.2 Å². The molecular weight excluding hydrogens is 628 g/mol. The Balaban J connectivity index is 1.50. The molecule has 3 atom stereocenters.